The number of benzene rings is 2. The van der Waals surface area contributed by atoms with Gasteiger partial charge in [0.15, 0.2) is 10.3 Å². The molecule has 0 aliphatic carbocycles. The second-order valence-electron chi connectivity index (χ2n) is 6.64. The van der Waals surface area contributed by atoms with E-state index in [-0.39, 0.29) is 11.1 Å². The standard InChI is InChI=1S/C22H20N4O2S2/c1-25-19(27)15-9-3-5-11-17(15)23-21(25)29-13-7-8-14-30-22-24-18-12-6-4-10-16(18)20(28)26(22)2/h3-12H,13-14H2,1-2H3. The minimum absolute atomic E-state index is 0.0362. The van der Waals surface area contributed by atoms with Gasteiger partial charge in [-0.1, -0.05) is 59.9 Å². The van der Waals surface area contributed by atoms with E-state index in [9.17, 15) is 9.59 Å². The van der Waals surface area contributed by atoms with Gasteiger partial charge in [0.05, 0.1) is 21.8 Å². The van der Waals surface area contributed by atoms with E-state index < -0.39 is 0 Å². The Labute approximate surface area is 181 Å². The van der Waals surface area contributed by atoms with Crippen molar-refractivity contribution in [2.75, 3.05) is 11.5 Å². The molecular weight excluding hydrogens is 416 g/mol. The molecule has 0 bridgehead atoms. The average molecular weight is 437 g/mol. The van der Waals surface area contributed by atoms with Crippen LogP contribution in [0.3, 0.4) is 0 Å². The van der Waals surface area contributed by atoms with Crippen molar-refractivity contribution in [2.24, 2.45) is 14.1 Å². The van der Waals surface area contributed by atoms with Gasteiger partial charge in [0.1, 0.15) is 0 Å². The minimum Gasteiger partial charge on any atom is -0.290 e. The Balaban J connectivity index is 1.40. The second-order valence-corrected chi connectivity index (χ2v) is 8.62. The molecule has 152 valence electrons. The molecule has 0 unspecified atom stereocenters. The summed E-state index contributed by atoms with van der Waals surface area (Å²) in [6.07, 6.45) is 4.08. The second kappa shape index (κ2) is 8.89. The molecular formula is C22H20N4O2S2. The molecule has 2 heterocycles. The first-order valence-corrected chi connectivity index (χ1v) is 11.4. The zero-order valence-corrected chi connectivity index (χ0v) is 18.2. The maximum absolute atomic E-state index is 12.4. The average Bonchev–Trinajstić information content (AvgIpc) is 2.77. The number of hydrogen-bond donors (Lipinski definition) is 0. The topological polar surface area (TPSA) is 69.8 Å². The fraction of sp³-hybridized carbons (Fsp3) is 0.182. The maximum Gasteiger partial charge on any atom is 0.261 e. The lowest BCUT2D eigenvalue weighted by molar-refractivity contribution is 0.726. The van der Waals surface area contributed by atoms with Gasteiger partial charge in [-0.05, 0) is 24.3 Å². The third kappa shape index (κ3) is 4.06. The predicted octanol–water partition coefficient (Wildman–Crippen LogP) is 3.62. The van der Waals surface area contributed by atoms with Gasteiger partial charge in [-0.2, -0.15) is 0 Å². The third-order valence-corrected chi connectivity index (χ3v) is 6.63. The van der Waals surface area contributed by atoms with Crippen molar-refractivity contribution in [3.8, 4) is 0 Å². The largest absolute Gasteiger partial charge is 0.290 e. The van der Waals surface area contributed by atoms with Gasteiger partial charge in [0.2, 0.25) is 0 Å². The Kier molecular flexibility index (Phi) is 6.06. The van der Waals surface area contributed by atoms with Crippen LogP contribution in [0.5, 0.6) is 0 Å². The van der Waals surface area contributed by atoms with Gasteiger partial charge >= 0.3 is 0 Å². The molecule has 8 heteroatoms. The first-order chi connectivity index (χ1) is 14.6. The van der Waals surface area contributed by atoms with E-state index in [4.69, 9.17) is 0 Å². The zero-order valence-electron chi connectivity index (χ0n) is 16.6. The molecule has 0 N–H and O–H groups in total. The summed E-state index contributed by atoms with van der Waals surface area (Å²) < 4.78 is 3.18. The van der Waals surface area contributed by atoms with Crippen LogP contribution >= 0.6 is 23.5 Å². The van der Waals surface area contributed by atoms with Crippen LogP contribution in [0.4, 0.5) is 0 Å². The first-order valence-electron chi connectivity index (χ1n) is 9.38. The summed E-state index contributed by atoms with van der Waals surface area (Å²) in [5, 5.41) is 2.64. The lowest BCUT2D eigenvalue weighted by Crippen LogP contribution is -2.20. The summed E-state index contributed by atoms with van der Waals surface area (Å²) in [4.78, 5) is 34.1. The van der Waals surface area contributed by atoms with Crippen molar-refractivity contribution < 1.29 is 0 Å². The molecule has 0 spiro atoms. The number of hydrogen-bond acceptors (Lipinski definition) is 6. The maximum atomic E-state index is 12.4. The SMILES string of the molecule is Cn1c(SCC=CCSc2nc3ccccc3c(=O)n2C)nc2ccccc2c1=O. The quantitative estimate of drug-likeness (QED) is 0.261. The molecule has 4 aromatic rings. The highest BCUT2D eigenvalue weighted by molar-refractivity contribution is 7.99. The van der Waals surface area contributed by atoms with Crippen LogP contribution in [0.25, 0.3) is 21.8 Å². The molecule has 0 amide bonds. The molecule has 0 saturated heterocycles. The first kappa shape index (κ1) is 20.4. The van der Waals surface area contributed by atoms with Gasteiger partial charge in [0, 0.05) is 25.6 Å². The number of thioether (sulfide) groups is 2. The van der Waals surface area contributed by atoms with Crippen molar-refractivity contribution in [3.05, 3.63) is 81.4 Å². The minimum atomic E-state index is -0.0362. The van der Waals surface area contributed by atoms with Crippen LogP contribution < -0.4 is 11.1 Å². The van der Waals surface area contributed by atoms with Gasteiger partial charge in [-0.15, -0.1) is 0 Å². The monoisotopic (exact) mass is 436 g/mol. The van der Waals surface area contributed by atoms with Crippen molar-refractivity contribution in [1.29, 1.82) is 0 Å². The van der Waals surface area contributed by atoms with Gasteiger partial charge in [-0.3, -0.25) is 18.7 Å². The van der Waals surface area contributed by atoms with Gasteiger partial charge in [-0.25, -0.2) is 9.97 Å². The van der Waals surface area contributed by atoms with E-state index >= 15 is 0 Å². The highest BCUT2D eigenvalue weighted by Gasteiger charge is 2.08. The van der Waals surface area contributed by atoms with Crippen LogP contribution in [0.15, 0.2) is 80.6 Å². The van der Waals surface area contributed by atoms with E-state index in [1.807, 2.05) is 48.6 Å². The molecule has 2 aromatic heterocycles. The third-order valence-electron chi connectivity index (χ3n) is 4.67. The Morgan fingerprint density at radius 3 is 1.57 bits per heavy atom. The van der Waals surface area contributed by atoms with Crippen molar-refractivity contribution in [3.63, 3.8) is 0 Å². The molecule has 4 rings (SSSR count). The Bertz CT molecular complexity index is 1270. The van der Waals surface area contributed by atoms with Crippen molar-refractivity contribution >= 4 is 45.3 Å². The number of rotatable bonds is 6. The fourth-order valence-electron chi connectivity index (χ4n) is 3.03. The summed E-state index contributed by atoms with van der Waals surface area (Å²) in [7, 11) is 3.49. The smallest absolute Gasteiger partial charge is 0.261 e. The number of fused-ring (bicyclic) bond motifs is 2. The van der Waals surface area contributed by atoms with Crippen molar-refractivity contribution in [2.45, 2.75) is 10.3 Å². The number of aromatic nitrogens is 4. The summed E-state index contributed by atoms with van der Waals surface area (Å²) in [6, 6.07) is 14.8. The molecule has 0 aliphatic rings. The Hall–Kier alpha value is -2.84. The van der Waals surface area contributed by atoms with Crippen LogP contribution in [0.1, 0.15) is 0 Å². The van der Waals surface area contributed by atoms with Gasteiger partial charge in [0.25, 0.3) is 11.1 Å². The summed E-state index contributed by atoms with van der Waals surface area (Å²) in [5.74, 6) is 1.40. The van der Waals surface area contributed by atoms with E-state index in [2.05, 4.69) is 9.97 Å². The van der Waals surface area contributed by atoms with Gasteiger partial charge < -0.3 is 0 Å². The highest BCUT2D eigenvalue weighted by Crippen LogP contribution is 2.19. The van der Waals surface area contributed by atoms with Crippen LogP contribution in [0, 0.1) is 0 Å². The van der Waals surface area contributed by atoms with Crippen LogP contribution in [-0.4, -0.2) is 30.6 Å². The van der Waals surface area contributed by atoms with E-state index in [0.29, 0.717) is 43.6 Å². The van der Waals surface area contributed by atoms with Crippen LogP contribution in [0.2, 0.25) is 0 Å². The molecule has 6 nitrogen and oxygen atoms in total. The Morgan fingerprint density at radius 1 is 0.733 bits per heavy atom. The lowest BCUT2D eigenvalue weighted by atomic mass is 10.2. The number of para-hydroxylation sites is 2. The summed E-state index contributed by atoms with van der Waals surface area (Å²) in [5.41, 5.74) is 1.36. The Morgan fingerprint density at radius 2 is 1.13 bits per heavy atom. The summed E-state index contributed by atoms with van der Waals surface area (Å²) in [6.45, 7) is 0. The van der Waals surface area contributed by atoms with E-state index in [1.165, 1.54) is 23.5 Å². The molecule has 2 aromatic carbocycles. The predicted molar refractivity (Wildman–Crippen MR) is 125 cm³/mol. The number of nitrogens with zero attached hydrogens (tertiary/aromatic N) is 4. The van der Waals surface area contributed by atoms with E-state index in [1.54, 1.807) is 35.4 Å². The molecule has 30 heavy (non-hydrogen) atoms. The molecule has 0 radical (unpaired) electrons. The van der Waals surface area contributed by atoms with E-state index in [0.717, 1.165) is 0 Å². The lowest BCUT2D eigenvalue weighted by Gasteiger charge is -2.08. The molecule has 0 atom stereocenters. The van der Waals surface area contributed by atoms with Crippen molar-refractivity contribution in [1.82, 2.24) is 19.1 Å². The molecule has 0 aliphatic heterocycles. The normalized spacial score (nSPS) is 11.7. The van der Waals surface area contributed by atoms with Crippen LogP contribution in [-0.2, 0) is 14.1 Å². The fourth-order valence-corrected chi connectivity index (χ4v) is 4.68. The highest BCUT2D eigenvalue weighted by atomic mass is 32.2. The summed E-state index contributed by atoms with van der Waals surface area (Å²) >= 11 is 3.03. The zero-order chi connectivity index (χ0) is 21.1. The molecule has 0 fully saturated rings. The molecule has 0 saturated carbocycles.